The molecule has 3 saturated carbocycles. The molecule has 130 valence electrons. The van der Waals surface area contributed by atoms with Gasteiger partial charge < -0.3 is 0 Å². The van der Waals surface area contributed by atoms with Gasteiger partial charge in [-0.15, -0.1) is 0 Å². The van der Waals surface area contributed by atoms with Gasteiger partial charge >= 0.3 is 0 Å². The zero-order chi connectivity index (χ0) is 16.4. The van der Waals surface area contributed by atoms with Crippen molar-refractivity contribution in [3.8, 4) is 0 Å². The highest BCUT2D eigenvalue weighted by Gasteiger charge is 2.58. The van der Waals surface area contributed by atoms with Crippen molar-refractivity contribution < 1.29 is 0 Å². The molecule has 4 unspecified atom stereocenters. The summed E-state index contributed by atoms with van der Waals surface area (Å²) >= 11 is 0. The zero-order valence-corrected chi connectivity index (χ0v) is 16.2. The van der Waals surface area contributed by atoms with Gasteiger partial charge in [0.15, 0.2) is 0 Å². The molecule has 0 heteroatoms. The lowest BCUT2D eigenvalue weighted by molar-refractivity contribution is -0.0503. The van der Waals surface area contributed by atoms with Crippen molar-refractivity contribution in [2.24, 2.45) is 46.3 Å². The summed E-state index contributed by atoms with van der Waals surface area (Å²) < 4.78 is 0. The van der Waals surface area contributed by atoms with Crippen LogP contribution in [0.3, 0.4) is 0 Å². The fourth-order valence-corrected chi connectivity index (χ4v) is 7.98. The Hall–Kier alpha value is -0.260. The van der Waals surface area contributed by atoms with Crippen LogP contribution in [0.15, 0.2) is 11.6 Å². The third-order valence-electron chi connectivity index (χ3n) is 9.23. The van der Waals surface area contributed by atoms with Crippen molar-refractivity contribution >= 4 is 0 Å². The van der Waals surface area contributed by atoms with E-state index in [0.29, 0.717) is 10.8 Å². The molecule has 0 bridgehead atoms. The van der Waals surface area contributed by atoms with E-state index in [4.69, 9.17) is 0 Å². The SMILES string of the molecule is CC1CC[C@@]2(C)C(=CCC3C2CC[C@@]2(C)C3CC[C@@H]2C(C)C)C1. The van der Waals surface area contributed by atoms with Crippen LogP contribution in [0.4, 0.5) is 0 Å². The van der Waals surface area contributed by atoms with Crippen molar-refractivity contribution in [2.75, 3.05) is 0 Å². The molecule has 4 aliphatic carbocycles. The molecule has 0 saturated heterocycles. The minimum atomic E-state index is 0.562. The quantitative estimate of drug-likeness (QED) is 0.464. The van der Waals surface area contributed by atoms with Crippen LogP contribution in [0.1, 0.15) is 86.0 Å². The molecule has 23 heavy (non-hydrogen) atoms. The number of allylic oxidation sites excluding steroid dienone is 2. The van der Waals surface area contributed by atoms with Crippen LogP contribution in [-0.2, 0) is 0 Å². The van der Waals surface area contributed by atoms with Gasteiger partial charge in [0.2, 0.25) is 0 Å². The number of fused-ring (bicyclic) bond motifs is 5. The van der Waals surface area contributed by atoms with E-state index in [2.05, 4.69) is 40.7 Å². The molecule has 0 aromatic carbocycles. The summed E-state index contributed by atoms with van der Waals surface area (Å²) in [6, 6.07) is 0. The summed E-state index contributed by atoms with van der Waals surface area (Å²) in [7, 11) is 0. The second kappa shape index (κ2) is 5.37. The standard InChI is InChI=1S/C23H38/c1-15(2)19-8-9-20-18-7-6-17-14-16(3)10-12-22(17,4)21(18)11-13-23(19,20)5/h6,15-16,18-21H,7-14H2,1-5H3/t16?,18?,19-,20?,21?,22+,23-/m1/s1. The molecule has 4 rings (SSSR count). The van der Waals surface area contributed by atoms with E-state index in [-0.39, 0.29) is 0 Å². The number of rotatable bonds is 1. The molecule has 0 N–H and O–H groups in total. The molecular formula is C23H38. The van der Waals surface area contributed by atoms with Gasteiger partial charge in [-0.3, -0.25) is 0 Å². The van der Waals surface area contributed by atoms with Crippen molar-refractivity contribution in [3.63, 3.8) is 0 Å². The molecule has 0 radical (unpaired) electrons. The predicted molar refractivity (Wildman–Crippen MR) is 99.2 cm³/mol. The summed E-state index contributed by atoms with van der Waals surface area (Å²) in [5, 5.41) is 0. The lowest BCUT2D eigenvalue weighted by atomic mass is 9.46. The molecule has 7 atom stereocenters. The van der Waals surface area contributed by atoms with E-state index < -0.39 is 0 Å². The largest absolute Gasteiger partial charge is 0.0845 e. The molecule has 4 aliphatic rings. The third kappa shape index (κ3) is 2.22. The average Bonchev–Trinajstić information content (AvgIpc) is 2.85. The van der Waals surface area contributed by atoms with Crippen LogP contribution in [0.2, 0.25) is 0 Å². The number of hydrogen-bond donors (Lipinski definition) is 0. The molecule has 0 aromatic heterocycles. The summed E-state index contributed by atoms with van der Waals surface area (Å²) in [5.41, 5.74) is 3.07. The molecular weight excluding hydrogens is 276 g/mol. The van der Waals surface area contributed by atoms with E-state index >= 15 is 0 Å². The first-order chi connectivity index (χ1) is 10.9. The average molecular weight is 315 g/mol. The van der Waals surface area contributed by atoms with Gasteiger partial charge in [-0.1, -0.05) is 46.3 Å². The Kier molecular flexibility index (Phi) is 3.79. The van der Waals surface area contributed by atoms with E-state index in [1.807, 2.05) is 5.57 Å². The van der Waals surface area contributed by atoms with Crippen LogP contribution < -0.4 is 0 Å². The second-order valence-corrected chi connectivity index (χ2v) is 10.6. The Bertz CT molecular complexity index is 500. The van der Waals surface area contributed by atoms with Crippen LogP contribution in [0, 0.1) is 46.3 Å². The normalized spacial score (nSPS) is 52.6. The summed E-state index contributed by atoms with van der Waals surface area (Å²) in [4.78, 5) is 0. The number of hydrogen-bond acceptors (Lipinski definition) is 0. The molecule has 0 aliphatic heterocycles. The molecule has 0 spiro atoms. The topological polar surface area (TPSA) is 0 Å². The first-order valence-corrected chi connectivity index (χ1v) is 10.6. The van der Waals surface area contributed by atoms with Crippen molar-refractivity contribution in [1.82, 2.24) is 0 Å². The van der Waals surface area contributed by atoms with E-state index in [0.717, 1.165) is 35.5 Å². The van der Waals surface area contributed by atoms with Crippen molar-refractivity contribution in [1.29, 1.82) is 0 Å². The molecule has 0 heterocycles. The van der Waals surface area contributed by atoms with E-state index in [1.165, 1.54) is 51.4 Å². The maximum absolute atomic E-state index is 2.73. The Morgan fingerprint density at radius 2 is 1.78 bits per heavy atom. The van der Waals surface area contributed by atoms with Gasteiger partial charge in [-0.2, -0.15) is 0 Å². The molecule has 0 amide bonds. The molecule has 3 fully saturated rings. The molecule has 0 nitrogen and oxygen atoms in total. The van der Waals surface area contributed by atoms with Crippen LogP contribution in [0.5, 0.6) is 0 Å². The molecule has 0 aromatic rings. The van der Waals surface area contributed by atoms with Gasteiger partial charge in [-0.05, 0) is 97.7 Å². The van der Waals surface area contributed by atoms with Gasteiger partial charge in [0.05, 0.1) is 0 Å². The highest BCUT2D eigenvalue weighted by molar-refractivity contribution is 5.25. The highest BCUT2D eigenvalue weighted by atomic mass is 14.6. The maximum Gasteiger partial charge on any atom is -0.00851 e. The van der Waals surface area contributed by atoms with Crippen LogP contribution in [-0.4, -0.2) is 0 Å². The Morgan fingerprint density at radius 1 is 1.00 bits per heavy atom. The summed E-state index contributed by atoms with van der Waals surface area (Å²) in [6.45, 7) is 12.8. The van der Waals surface area contributed by atoms with Crippen LogP contribution >= 0.6 is 0 Å². The first kappa shape index (κ1) is 16.2. The monoisotopic (exact) mass is 314 g/mol. The summed E-state index contributed by atoms with van der Waals surface area (Å²) in [5.74, 6) is 5.80. The van der Waals surface area contributed by atoms with E-state index in [1.54, 1.807) is 0 Å². The Balaban J connectivity index is 1.65. The van der Waals surface area contributed by atoms with Gasteiger partial charge in [0.25, 0.3) is 0 Å². The van der Waals surface area contributed by atoms with E-state index in [9.17, 15) is 0 Å². The zero-order valence-electron chi connectivity index (χ0n) is 16.2. The lowest BCUT2D eigenvalue weighted by Gasteiger charge is -2.58. The fourth-order valence-electron chi connectivity index (χ4n) is 7.98. The van der Waals surface area contributed by atoms with Gasteiger partial charge in [0, 0.05) is 0 Å². The van der Waals surface area contributed by atoms with Gasteiger partial charge in [-0.25, -0.2) is 0 Å². The maximum atomic E-state index is 2.73. The second-order valence-electron chi connectivity index (χ2n) is 10.6. The lowest BCUT2D eigenvalue weighted by Crippen LogP contribution is -2.50. The minimum Gasteiger partial charge on any atom is -0.0845 e. The minimum absolute atomic E-state index is 0.562. The predicted octanol–water partition coefficient (Wildman–Crippen LogP) is 6.86. The van der Waals surface area contributed by atoms with Crippen LogP contribution in [0.25, 0.3) is 0 Å². The highest BCUT2D eigenvalue weighted by Crippen LogP contribution is 2.67. The summed E-state index contributed by atoms with van der Waals surface area (Å²) in [6.07, 6.45) is 14.5. The third-order valence-corrected chi connectivity index (χ3v) is 9.23. The smallest absolute Gasteiger partial charge is 0.00851 e. The van der Waals surface area contributed by atoms with Crippen molar-refractivity contribution in [2.45, 2.75) is 86.0 Å². The van der Waals surface area contributed by atoms with Crippen molar-refractivity contribution in [3.05, 3.63) is 11.6 Å². The Labute approximate surface area is 144 Å². The Morgan fingerprint density at radius 3 is 2.52 bits per heavy atom. The first-order valence-electron chi connectivity index (χ1n) is 10.6. The van der Waals surface area contributed by atoms with Gasteiger partial charge in [0.1, 0.15) is 0 Å². The fraction of sp³-hybridized carbons (Fsp3) is 0.913.